The molecule has 0 fully saturated rings. The van der Waals surface area contributed by atoms with Crippen molar-refractivity contribution in [2.75, 3.05) is 14.2 Å². The molecule has 0 amide bonds. The van der Waals surface area contributed by atoms with Gasteiger partial charge in [0.2, 0.25) is 0 Å². The number of ether oxygens (including phenoxy) is 2. The second kappa shape index (κ2) is 14.7. The van der Waals surface area contributed by atoms with Crippen molar-refractivity contribution in [1.29, 1.82) is 0 Å². The molecule has 14 heavy (non-hydrogen) atoms. The topological polar surface area (TPSA) is 18.5 Å². The monoisotopic (exact) mass is 198 g/mol. The fourth-order valence-corrected chi connectivity index (χ4v) is 0.481. The lowest BCUT2D eigenvalue weighted by atomic mass is 10.4. The van der Waals surface area contributed by atoms with Gasteiger partial charge in [-0.15, -0.1) is 0 Å². The van der Waals surface area contributed by atoms with E-state index < -0.39 is 0 Å². The first-order valence-electron chi connectivity index (χ1n) is 4.87. The van der Waals surface area contributed by atoms with Gasteiger partial charge in [-0.1, -0.05) is 50.2 Å². The highest BCUT2D eigenvalue weighted by atomic mass is 16.7. The average molecular weight is 198 g/mol. The van der Waals surface area contributed by atoms with E-state index in [2.05, 4.69) is 9.47 Å². The Morgan fingerprint density at radius 2 is 0.929 bits per heavy atom. The number of rotatable bonds is 2. The first-order valence-corrected chi connectivity index (χ1v) is 4.87. The van der Waals surface area contributed by atoms with Crippen molar-refractivity contribution in [3.63, 3.8) is 0 Å². The van der Waals surface area contributed by atoms with Crippen molar-refractivity contribution in [2.45, 2.75) is 27.1 Å². The van der Waals surface area contributed by atoms with Gasteiger partial charge in [0.15, 0.2) is 6.29 Å². The third-order valence-electron chi connectivity index (χ3n) is 1.33. The summed E-state index contributed by atoms with van der Waals surface area (Å²) in [4.78, 5) is 0. The third kappa shape index (κ3) is 13.7. The molecule has 0 heterocycles. The molecule has 0 aliphatic heterocycles. The van der Waals surface area contributed by atoms with Gasteiger partial charge < -0.3 is 9.47 Å². The van der Waals surface area contributed by atoms with Gasteiger partial charge in [0.05, 0.1) is 0 Å². The Labute approximate surface area is 87.9 Å². The van der Waals surface area contributed by atoms with Crippen LogP contribution in [0.15, 0.2) is 36.4 Å². The molecule has 0 aliphatic carbocycles. The first kappa shape index (κ1) is 15.6. The maximum atomic E-state index is 4.68. The van der Waals surface area contributed by atoms with Gasteiger partial charge in [-0.25, -0.2) is 0 Å². The maximum absolute atomic E-state index is 4.68. The van der Waals surface area contributed by atoms with E-state index in [9.17, 15) is 0 Å². The van der Waals surface area contributed by atoms with Crippen molar-refractivity contribution in [3.8, 4) is 0 Å². The second-order valence-corrected chi connectivity index (χ2v) is 2.19. The van der Waals surface area contributed by atoms with Gasteiger partial charge in [-0.3, -0.25) is 0 Å². The molecule has 82 valence electrons. The van der Waals surface area contributed by atoms with Crippen LogP contribution in [0.1, 0.15) is 20.8 Å². The molecule has 1 aromatic rings. The molecule has 2 heteroatoms. The van der Waals surface area contributed by atoms with E-state index in [1.54, 1.807) is 14.2 Å². The lowest BCUT2D eigenvalue weighted by Gasteiger charge is -2.03. The summed E-state index contributed by atoms with van der Waals surface area (Å²) in [7, 11) is 3.21. The predicted molar refractivity (Wildman–Crippen MR) is 61.3 cm³/mol. The molecular formula is C12H22O2. The molecule has 0 N–H and O–H groups in total. The Kier molecular flexibility index (Phi) is 16.3. The minimum absolute atomic E-state index is 0.0648. The molecule has 0 unspecified atom stereocenters. The van der Waals surface area contributed by atoms with Gasteiger partial charge in [-0.05, 0) is 6.92 Å². The molecule has 0 saturated heterocycles. The summed E-state index contributed by atoms with van der Waals surface area (Å²) in [5.41, 5.74) is 0. The van der Waals surface area contributed by atoms with Crippen molar-refractivity contribution < 1.29 is 9.47 Å². The summed E-state index contributed by atoms with van der Waals surface area (Å²) in [6.45, 7) is 5.83. The van der Waals surface area contributed by atoms with Crippen LogP contribution in [0.3, 0.4) is 0 Å². The van der Waals surface area contributed by atoms with Crippen LogP contribution in [0.25, 0.3) is 0 Å². The summed E-state index contributed by atoms with van der Waals surface area (Å²) in [5.74, 6) is 0. The second-order valence-electron chi connectivity index (χ2n) is 2.19. The summed E-state index contributed by atoms with van der Waals surface area (Å²) in [6.07, 6.45) is -0.0648. The highest BCUT2D eigenvalue weighted by Crippen LogP contribution is 1.83. The van der Waals surface area contributed by atoms with E-state index in [-0.39, 0.29) is 6.29 Å². The van der Waals surface area contributed by atoms with E-state index in [1.165, 1.54) is 0 Å². The van der Waals surface area contributed by atoms with Gasteiger partial charge >= 0.3 is 0 Å². The van der Waals surface area contributed by atoms with E-state index in [4.69, 9.17) is 0 Å². The van der Waals surface area contributed by atoms with Crippen molar-refractivity contribution in [3.05, 3.63) is 36.4 Å². The predicted octanol–water partition coefficient (Wildman–Crippen LogP) is 3.34. The minimum Gasteiger partial charge on any atom is -0.356 e. The standard InChI is InChI=1S/C6H6.C4H10O2.C2H6/c1-2-4-6-5-3-1;1-4(5-2)6-3;1-2/h1-6H;4H,1-3H3;1-2H3. The third-order valence-corrected chi connectivity index (χ3v) is 1.33. The van der Waals surface area contributed by atoms with E-state index in [1.807, 2.05) is 57.2 Å². The fourth-order valence-electron chi connectivity index (χ4n) is 0.481. The summed E-state index contributed by atoms with van der Waals surface area (Å²) in [6, 6.07) is 12.0. The Hall–Kier alpha value is -0.860. The van der Waals surface area contributed by atoms with Crippen LogP contribution >= 0.6 is 0 Å². The van der Waals surface area contributed by atoms with Gasteiger partial charge in [0, 0.05) is 14.2 Å². The van der Waals surface area contributed by atoms with Crippen LogP contribution in [0, 0.1) is 0 Å². The molecule has 0 radical (unpaired) electrons. The van der Waals surface area contributed by atoms with Crippen LogP contribution in [0.5, 0.6) is 0 Å². The van der Waals surface area contributed by atoms with Gasteiger partial charge in [0.25, 0.3) is 0 Å². The van der Waals surface area contributed by atoms with Crippen molar-refractivity contribution in [1.82, 2.24) is 0 Å². The SMILES string of the molecule is CC.COC(C)OC.c1ccccc1. The minimum atomic E-state index is -0.0648. The number of methoxy groups -OCH3 is 2. The molecule has 0 atom stereocenters. The van der Waals surface area contributed by atoms with Crippen LogP contribution in [-0.2, 0) is 9.47 Å². The number of benzene rings is 1. The van der Waals surface area contributed by atoms with Gasteiger partial charge in [-0.2, -0.15) is 0 Å². The normalized spacial score (nSPS) is 8.14. The molecule has 0 bridgehead atoms. The molecule has 1 rings (SSSR count). The van der Waals surface area contributed by atoms with Crippen LogP contribution in [0.4, 0.5) is 0 Å². The maximum Gasteiger partial charge on any atom is 0.154 e. The van der Waals surface area contributed by atoms with Crippen molar-refractivity contribution >= 4 is 0 Å². The average Bonchev–Trinajstić information content (AvgIpc) is 2.33. The molecule has 1 aromatic carbocycles. The molecule has 0 aliphatic rings. The van der Waals surface area contributed by atoms with Crippen LogP contribution < -0.4 is 0 Å². The molecule has 0 spiro atoms. The summed E-state index contributed by atoms with van der Waals surface area (Å²) < 4.78 is 9.35. The number of hydrogen-bond donors (Lipinski definition) is 0. The molecule has 0 aromatic heterocycles. The molecule has 2 nitrogen and oxygen atoms in total. The lowest BCUT2D eigenvalue weighted by Crippen LogP contribution is -2.05. The van der Waals surface area contributed by atoms with Crippen LogP contribution in [-0.4, -0.2) is 20.5 Å². The summed E-state index contributed by atoms with van der Waals surface area (Å²) in [5, 5.41) is 0. The zero-order valence-corrected chi connectivity index (χ0v) is 9.86. The zero-order valence-electron chi connectivity index (χ0n) is 9.86. The Bertz CT molecular complexity index is 133. The first-order chi connectivity index (χ1) is 6.81. The van der Waals surface area contributed by atoms with Gasteiger partial charge in [0.1, 0.15) is 0 Å². The molecule has 0 saturated carbocycles. The fraction of sp³-hybridized carbons (Fsp3) is 0.500. The zero-order chi connectivity index (χ0) is 11.2. The molecular weight excluding hydrogens is 176 g/mol. The van der Waals surface area contributed by atoms with Crippen molar-refractivity contribution in [2.24, 2.45) is 0 Å². The quantitative estimate of drug-likeness (QED) is 0.678. The number of hydrogen-bond acceptors (Lipinski definition) is 2. The highest BCUT2D eigenvalue weighted by molar-refractivity contribution is 4.99. The Morgan fingerprint density at radius 3 is 1.00 bits per heavy atom. The lowest BCUT2D eigenvalue weighted by molar-refractivity contribution is -0.0877. The Morgan fingerprint density at radius 1 is 0.714 bits per heavy atom. The smallest absolute Gasteiger partial charge is 0.154 e. The van der Waals surface area contributed by atoms with E-state index >= 15 is 0 Å². The van der Waals surface area contributed by atoms with E-state index in [0.717, 1.165) is 0 Å². The largest absolute Gasteiger partial charge is 0.356 e. The Balaban J connectivity index is 0. The summed E-state index contributed by atoms with van der Waals surface area (Å²) >= 11 is 0. The van der Waals surface area contributed by atoms with E-state index in [0.29, 0.717) is 0 Å². The highest BCUT2D eigenvalue weighted by Gasteiger charge is 1.87. The van der Waals surface area contributed by atoms with Crippen LogP contribution in [0.2, 0.25) is 0 Å².